The molecule has 0 aliphatic heterocycles. The lowest BCUT2D eigenvalue weighted by Crippen LogP contribution is -2.27. The first-order chi connectivity index (χ1) is 9.08. The normalized spacial score (nSPS) is 12.7. The summed E-state index contributed by atoms with van der Waals surface area (Å²) in [6.07, 6.45) is 1.04. The first kappa shape index (κ1) is 16.0. The minimum atomic E-state index is 0.486. The largest absolute Gasteiger partial charge is 0.496 e. The number of benzene rings is 1. The van der Waals surface area contributed by atoms with Crippen LogP contribution in [-0.4, -0.2) is 26.7 Å². The average molecular weight is 264 g/mol. The van der Waals surface area contributed by atoms with Crippen LogP contribution >= 0.6 is 0 Å². The molecule has 1 aromatic rings. The van der Waals surface area contributed by atoms with Gasteiger partial charge in [-0.05, 0) is 55.1 Å². The number of nitrogens with one attached hydrogen (secondary N) is 1. The molecule has 3 nitrogen and oxygen atoms in total. The molecular formula is C16H28N2O. The van der Waals surface area contributed by atoms with Crippen molar-refractivity contribution in [2.45, 2.75) is 33.1 Å². The molecule has 1 aromatic carbocycles. The molecule has 3 N–H and O–H groups in total. The minimum absolute atomic E-state index is 0.486. The molecule has 0 fully saturated rings. The van der Waals surface area contributed by atoms with Gasteiger partial charge in [0.2, 0.25) is 0 Å². The summed E-state index contributed by atoms with van der Waals surface area (Å²) >= 11 is 0. The predicted octanol–water partition coefficient (Wildman–Crippen LogP) is 2.55. The molecule has 0 amide bonds. The zero-order valence-corrected chi connectivity index (χ0v) is 12.7. The predicted molar refractivity (Wildman–Crippen MR) is 81.9 cm³/mol. The maximum Gasteiger partial charge on any atom is 0.122 e. The van der Waals surface area contributed by atoms with Gasteiger partial charge in [-0.3, -0.25) is 0 Å². The Morgan fingerprint density at radius 1 is 1.26 bits per heavy atom. The SMILES string of the molecule is COc1ccc(CCNCC(C)CN)cc1C(C)C. The van der Waals surface area contributed by atoms with Crippen LogP contribution in [0.3, 0.4) is 0 Å². The first-order valence-corrected chi connectivity index (χ1v) is 7.16. The fourth-order valence-electron chi connectivity index (χ4n) is 2.06. The molecule has 0 radical (unpaired) electrons. The molecule has 0 aliphatic rings. The van der Waals surface area contributed by atoms with Crippen molar-refractivity contribution in [3.8, 4) is 5.75 Å². The van der Waals surface area contributed by atoms with Crippen molar-refractivity contribution in [1.82, 2.24) is 5.32 Å². The Labute approximate surface area is 117 Å². The molecule has 0 spiro atoms. The van der Waals surface area contributed by atoms with Gasteiger partial charge in [-0.15, -0.1) is 0 Å². The summed E-state index contributed by atoms with van der Waals surface area (Å²) in [4.78, 5) is 0. The summed E-state index contributed by atoms with van der Waals surface area (Å²) in [7, 11) is 1.73. The highest BCUT2D eigenvalue weighted by molar-refractivity contribution is 5.39. The molecule has 108 valence electrons. The van der Waals surface area contributed by atoms with Gasteiger partial charge >= 0.3 is 0 Å². The minimum Gasteiger partial charge on any atom is -0.496 e. The summed E-state index contributed by atoms with van der Waals surface area (Å²) in [5.74, 6) is 2.02. The molecule has 1 unspecified atom stereocenters. The third kappa shape index (κ3) is 5.21. The fraction of sp³-hybridized carbons (Fsp3) is 0.625. The summed E-state index contributed by atoms with van der Waals surface area (Å²) < 4.78 is 5.40. The van der Waals surface area contributed by atoms with Gasteiger partial charge in [0.1, 0.15) is 5.75 Å². The van der Waals surface area contributed by atoms with Crippen molar-refractivity contribution in [2.75, 3.05) is 26.7 Å². The Kier molecular flexibility index (Phi) is 6.89. The van der Waals surface area contributed by atoms with Gasteiger partial charge in [0.25, 0.3) is 0 Å². The maximum absolute atomic E-state index is 5.60. The van der Waals surface area contributed by atoms with Crippen molar-refractivity contribution in [3.05, 3.63) is 29.3 Å². The van der Waals surface area contributed by atoms with E-state index in [4.69, 9.17) is 10.5 Å². The van der Waals surface area contributed by atoms with E-state index in [2.05, 4.69) is 44.3 Å². The highest BCUT2D eigenvalue weighted by atomic mass is 16.5. The summed E-state index contributed by atoms with van der Waals surface area (Å²) in [5, 5.41) is 3.45. The third-order valence-electron chi connectivity index (χ3n) is 3.40. The standard InChI is InChI=1S/C16H28N2O/c1-12(2)15-9-14(5-6-16(15)19-4)7-8-18-11-13(3)10-17/h5-6,9,12-13,18H,7-8,10-11,17H2,1-4H3. The maximum atomic E-state index is 5.60. The van der Waals surface area contributed by atoms with Crippen LogP contribution < -0.4 is 15.8 Å². The van der Waals surface area contributed by atoms with E-state index in [1.54, 1.807) is 7.11 Å². The molecule has 0 aliphatic carbocycles. The van der Waals surface area contributed by atoms with Gasteiger partial charge in [0, 0.05) is 0 Å². The van der Waals surface area contributed by atoms with Crippen molar-refractivity contribution in [2.24, 2.45) is 11.7 Å². The number of nitrogens with two attached hydrogens (primary N) is 1. The summed E-state index contributed by atoms with van der Waals surface area (Å²) in [6, 6.07) is 6.49. The average Bonchev–Trinajstić information content (AvgIpc) is 2.42. The van der Waals surface area contributed by atoms with Crippen LogP contribution in [0.4, 0.5) is 0 Å². The van der Waals surface area contributed by atoms with Gasteiger partial charge in [-0.1, -0.05) is 32.9 Å². The zero-order chi connectivity index (χ0) is 14.3. The van der Waals surface area contributed by atoms with E-state index in [0.717, 1.165) is 31.8 Å². The molecule has 0 heterocycles. The number of rotatable bonds is 8. The number of hydrogen-bond donors (Lipinski definition) is 2. The first-order valence-electron chi connectivity index (χ1n) is 7.16. The summed E-state index contributed by atoms with van der Waals surface area (Å²) in [5.41, 5.74) is 8.24. The second-order valence-electron chi connectivity index (χ2n) is 5.53. The molecule has 1 rings (SSSR count). The lowest BCUT2D eigenvalue weighted by atomic mass is 9.98. The van der Waals surface area contributed by atoms with Crippen molar-refractivity contribution in [1.29, 1.82) is 0 Å². The molecule has 3 heteroatoms. The molecular weight excluding hydrogens is 236 g/mol. The van der Waals surface area contributed by atoms with E-state index in [9.17, 15) is 0 Å². The van der Waals surface area contributed by atoms with Gasteiger partial charge in [0.15, 0.2) is 0 Å². The Morgan fingerprint density at radius 2 is 2.00 bits per heavy atom. The second-order valence-corrected chi connectivity index (χ2v) is 5.53. The topological polar surface area (TPSA) is 47.3 Å². The third-order valence-corrected chi connectivity index (χ3v) is 3.40. The Morgan fingerprint density at radius 3 is 2.58 bits per heavy atom. The monoisotopic (exact) mass is 264 g/mol. The quantitative estimate of drug-likeness (QED) is 0.709. The highest BCUT2D eigenvalue weighted by Crippen LogP contribution is 2.27. The van der Waals surface area contributed by atoms with Crippen LogP contribution in [0, 0.1) is 5.92 Å². The van der Waals surface area contributed by atoms with E-state index in [1.165, 1.54) is 11.1 Å². The molecule has 0 saturated carbocycles. The van der Waals surface area contributed by atoms with Crippen LogP contribution in [-0.2, 0) is 6.42 Å². The van der Waals surface area contributed by atoms with Crippen LogP contribution in [0.25, 0.3) is 0 Å². The van der Waals surface area contributed by atoms with Gasteiger partial charge < -0.3 is 15.8 Å². The fourth-order valence-corrected chi connectivity index (χ4v) is 2.06. The number of methoxy groups -OCH3 is 1. The zero-order valence-electron chi connectivity index (χ0n) is 12.7. The lowest BCUT2D eigenvalue weighted by molar-refractivity contribution is 0.407. The van der Waals surface area contributed by atoms with Crippen LogP contribution in [0.2, 0.25) is 0 Å². The van der Waals surface area contributed by atoms with E-state index in [1.807, 2.05) is 0 Å². The van der Waals surface area contributed by atoms with Crippen molar-refractivity contribution in [3.63, 3.8) is 0 Å². The van der Waals surface area contributed by atoms with Crippen molar-refractivity contribution >= 4 is 0 Å². The van der Waals surface area contributed by atoms with Gasteiger partial charge in [-0.2, -0.15) is 0 Å². The Hall–Kier alpha value is -1.06. The molecule has 0 saturated heterocycles. The van der Waals surface area contributed by atoms with Gasteiger partial charge in [0.05, 0.1) is 7.11 Å². The summed E-state index contributed by atoms with van der Waals surface area (Å²) in [6.45, 7) is 9.29. The second kappa shape index (κ2) is 8.18. The van der Waals surface area contributed by atoms with Crippen LogP contribution in [0.5, 0.6) is 5.75 Å². The Balaban J connectivity index is 2.53. The van der Waals surface area contributed by atoms with Gasteiger partial charge in [-0.25, -0.2) is 0 Å². The molecule has 0 bridgehead atoms. The molecule has 19 heavy (non-hydrogen) atoms. The molecule has 1 atom stereocenters. The Bertz CT molecular complexity index is 377. The van der Waals surface area contributed by atoms with E-state index < -0.39 is 0 Å². The van der Waals surface area contributed by atoms with E-state index in [-0.39, 0.29) is 0 Å². The van der Waals surface area contributed by atoms with Crippen molar-refractivity contribution < 1.29 is 4.74 Å². The lowest BCUT2D eigenvalue weighted by Gasteiger charge is -2.14. The number of hydrogen-bond acceptors (Lipinski definition) is 3. The number of ether oxygens (including phenoxy) is 1. The molecule has 0 aromatic heterocycles. The van der Waals surface area contributed by atoms with Crippen LogP contribution in [0.1, 0.15) is 37.8 Å². The van der Waals surface area contributed by atoms with E-state index in [0.29, 0.717) is 11.8 Å². The van der Waals surface area contributed by atoms with Crippen LogP contribution in [0.15, 0.2) is 18.2 Å². The highest BCUT2D eigenvalue weighted by Gasteiger charge is 2.08. The van der Waals surface area contributed by atoms with E-state index >= 15 is 0 Å². The smallest absolute Gasteiger partial charge is 0.122 e.